The Morgan fingerprint density at radius 2 is 1.93 bits per heavy atom. The van der Waals surface area contributed by atoms with E-state index in [4.69, 9.17) is 0 Å². The predicted molar refractivity (Wildman–Crippen MR) is 66.1 cm³/mol. The van der Waals surface area contributed by atoms with Gasteiger partial charge in [-0.2, -0.15) is 0 Å². The maximum Gasteiger partial charge on any atom is 0.0353 e. The summed E-state index contributed by atoms with van der Waals surface area (Å²) >= 11 is 1.78. The highest BCUT2D eigenvalue weighted by Gasteiger charge is 2.06. The largest absolute Gasteiger partial charge is 0.382 e. The van der Waals surface area contributed by atoms with Gasteiger partial charge < -0.3 is 5.32 Å². The average Bonchev–Trinajstić information content (AvgIpc) is 2.18. The standard InChI is InChI=1S/C12H19NS/c1-9(2)10(3)13-11-6-5-7-12(8-11)14-4/h5-10,13H,1-4H3/t10-/m1/s1. The summed E-state index contributed by atoms with van der Waals surface area (Å²) in [7, 11) is 0. The molecule has 1 rings (SSSR count). The summed E-state index contributed by atoms with van der Waals surface area (Å²) in [5.41, 5.74) is 1.22. The van der Waals surface area contributed by atoms with Crippen LogP contribution in [0.5, 0.6) is 0 Å². The number of nitrogens with one attached hydrogen (secondary N) is 1. The van der Waals surface area contributed by atoms with Crippen LogP contribution >= 0.6 is 11.8 Å². The second-order valence-electron chi connectivity index (χ2n) is 3.91. The van der Waals surface area contributed by atoms with Gasteiger partial charge in [-0.3, -0.25) is 0 Å². The minimum atomic E-state index is 0.520. The van der Waals surface area contributed by atoms with Gasteiger partial charge in [0.25, 0.3) is 0 Å². The first kappa shape index (κ1) is 11.4. The Morgan fingerprint density at radius 1 is 1.21 bits per heavy atom. The molecule has 0 saturated carbocycles. The number of rotatable bonds is 4. The van der Waals surface area contributed by atoms with E-state index in [1.165, 1.54) is 10.6 Å². The lowest BCUT2D eigenvalue weighted by molar-refractivity contribution is 0.560. The van der Waals surface area contributed by atoms with Gasteiger partial charge in [0.15, 0.2) is 0 Å². The van der Waals surface area contributed by atoms with E-state index in [1.54, 1.807) is 11.8 Å². The zero-order chi connectivity index (χ0) is 10.6. The fourth-order valence-corrected chi connectivity index (χ4v) is 1.60. The molecule has 1 N–H and O–H groups in total. The Hall–Kier alpha value is -0.630. The molecule has 1 aromatic carbocycles. The average molecular weight is 209 g/mol. The van der Waals surface area contributed by atoms with Crippen LogP contribution in [0.3, 0.4) is 0 Å². The second kappa shape index (κ2) is 5.30. The molecule has 0 unspecified atom stereocenters. The topological polar surface area (TPSA) is 12.0 Å². The van der Waals surface area contributed by atoms with Gasteiger partial charge in [-0.05, 0) is 37.3 Å². The van der Waals surface area contributed by atoms with E-state index in [-0.39, 0.29) is 0 Å². The molecule has 0 aliphatic carbocycles. The molecule has 78 valence electrons. The van der Waals surface area contributed by atoms with Crippen LogP contribution in [0.4, 0.5) is 5.69 Å². The van der Waals surface area contributed by atoms with Crippen molar-refractivity contribution in [3.05, 3.63) is 24.3 Å². The third-order valence-electron chi connectivity index (χ3n) is 2.46. The zero-order valence-corrected chi connectivity index (χ0v) is 10.2. The fraction of sp³-hybridized carbons (Fsp3) is 0.500. The highest BCUT2D eigenvalue weighted by molar-refractivity contribution is 7.98. The van der Waals surface area contributed by atoms with Crippen molar-refractivity contribution in [3.63, 3.8) is 0 Å². The van der Waals surface area contributed by atoms with Crippen molar-refractivity contribution in [2.75, 3.05) is 11.6 Å². The SMILES string of the molecule is CSc1cccc(N[C@H](C)C(C)C)c1. The number of anilines is 1. The first-order chi connectivity index (χ1) is 6.63. The van der Waals surface area contributed by atoms with E-state index in [2.05, 4.69) is 56.6 Å². The van der Waals surface area contributed by atoms with Crippen molar-refractivity contribution in [2.45, 2.75) is 31.7 Å². The minimum absolute atomic E-state index is 0.520. The molecule has 0 amide bonds. The first-order valence-electron chi connectivity index (χ1n) is 5.04. The quantitative estimate of drug-likeness (QED) is 0.756. The fourth-order valence-electron chi connectivity index (χ4n) is 1.14. The number of hydrogen-bond donors (Lipinski definition) is 1. The van der Waals surface area contributed by atoms with Gasteiger partial charge in [0.2, 0.25) is 0 Å². The van der Waals surface area contributed by atoms with Crippen LogP contribution in [0.1, 0.15) is 20.8 Å². The third-order valence-corrected chi connectivity index (χ3v) is 3.19. The molecule has 0 aromatic heterocycles. The molecule has 0 aliphatic heterocycles. The smallest absolute Gasteiger partial charge is 0.0353 e. The van der Waals surface area contributed by atoms with Gasteiger partial charge in [-0.25, -0.2) is 0 Å². The van der Waals surface area contributed by atoms with Crippen LogP contribution in [0.25, 0.3) is 0 Å². The Labute approximate surface area is 91.3 Å². The molecule has 0 saturated heterocycles. The lowest BCUT2D eigenvalue weighted by Gasteiger charge is -2.19. The molecule has 0 spiro atoms. The van der Waals surface area contributed by atoms with Crippen molar-refractivity contribution in [1.29, 1.82) is 0 Å². The molecule has 0 aliphatic rings. The molecule has 1 atom stereocenters. The summed E-state index contributed by atoms with van der Waals surface area (Å²) in [6.07, 6.45) is 2.10. The maximum absolute atomic E-state index is 3.50. The van der Waals surface area contributed by atoms with E-state index in [9.17, 15) is 0 Å². The van der Waals surface area contributed by atoms with E-state index in [0.29, 0.717) is 12.0 Å². The molecule has 0 bridgehead atoms. The van der Waals surface area contributed by atoms with Gasteiger partial charge in [0, 0.05) is 16.6 Å². The molecular formula is C12H19NS. The van der Waals surface area contributed by atoms with Gasteiger partial charge in [0.1, 0.15) is 0 Å². The summed E-state index contributed by atoms with van der Waals surface area (Å²) in [5, 5.41) is 3.50. The monoisotopic (exact) mass is 209 g/mol. The number of hydrogen-bond acceptors (Lipinski definition) is 2. The number of thioether (sulfide) groups is 1. The van der Waals surface area contributed by atoms with E-state index in [0.717, 1.165) is 0 Å². The Morgan fingerprint density at radius 3 is 2.50 bits per heavy atom. The Balaban J connectivity index is 2.66. The van der Waals surface area contributed by atoms with Gasteiger partial charge in [-0.1, -0.05) is 19.9 Å². The highest BCUT2D eigenvalue weighted by atomic mass is 32.2. The molecule has 0 fully saturated rings. The maximum atomic E-state index is 3.50. The zero-order valence-electron chi connectivity index (χ0n) is 9.37. The predicted octanol–water partition coefficient (Wildman–Crippen LogP) is 3.86. The second-order valence-corrected chi connectivity index (χ2v) is 4.79. The van der Waals surface area contributed by atoms with Crippen molar-refractivity contribution in [3.8, 4) is 0 Å². The Bertz CT molecular complexity index is 283. The third kappa shape index (κ3) is 3.26. The molecule has 0 heterocycles. The Kier molecular flexibility index (Phi) is 4.33. The lowest BCUT2D eigenvalue weighted by atomic mass is 10.1. The van der Waals surface area contributed by atoms with Crippen molar-refractivity contribution in [1.82, 2.24) is 0 Å². The summed E-state index contributed by atoms with van der Waals surface area (Å²) < 4.78 is 0. The van der Waals surface area contributed by atoms with E-state index in [1.807, 2.05) is 0 Å². The summed E-state index contributed by atoms with van der Waals surface area (Å²) in [5.74, 6) is 0.660. The summed E-state index contributed by atoms with van der Waals surface area (Å²) in [6, 6.07) is 9.08. The summed E-state index contributed by atoms with van der Waals surface area (Å²) in [6.45, 7) is 6.68. The normalized spacial score (nSPS) is 12.9. The molecular weight excluding hydrogens is 190 g/mol. The number of benzene rings is 1. The van der Waals surface area contributed by atoms with Crippen LogP contribution < -0.4 is 5.32 Å². The molecule has 14 heavy (non-hydrogen) atoms. The van der Waals surface area contributed by atoms with Crippen molar-refractivity contribution < 1.29 is 0 Å². The van der Waals surface area contributed by atoms with E-state index >= 15 is 0 Å². The van der Waals surface area contributed by atoms with Gasteiger partial charge >= 0.3 is 0 Å². The van der Waals surface area contributed by atoms with E-state index < -0.39 is 0 Å². The van der Waals surface area contributed by atoms with Crippen molar-refractivity contribution >= 4 is 17.4 Å². The first-order valence-corrected chi connectivity index (χ1v) is 6.26. The van der Waals surface area contributed by atoms with Crippen LogP contribution in [0, 0.1) is 5.92 Å². The van der Waals surface area contributed by atoms with Gasteiger partial charge in [-0.15, -0.1) is 11.8 Å². The van der Waals surface area contributed by atoms with Crippen LogP contribution in [-0.4, -0.2) is 12.3 Å². The van der Waals surface area contributed by atoms with Gasteiger partial charge in [0.05, 0.1) is 0 Å². The molecule has 2 heteroatoms. The summed E-state index contributed by atoms with van der Waals surface area (Å²) in [4.78, 5) is 1.31. The van der Waals surface area contributed by atoms with Crippen LogP contribution in [0.2, 0.25) is 0 Å². The highest BCUT2D eigenvalue weighted by Crippen LogP contribution is 2.20. The van der Waals surface area contributed by atoms with Crippen LogP contribution in [0.15, 0.2) is 29.2 Å². The van der Waals surface area contributed by atoms with Crippen LogP contribution in [-0.2, 0) is 0 Å². The molecule has 1 nitrogen and oxygen atoms in total. The molecule has 0 radical (unpaired) electrons. The lowest BCUT2D eigenvalue weighted by Crippen LogP contribution is -2.21. The van der Waals surface area contributed by atoms with Crippen molar-refractivity contribution in [2.24, 2.45) is 5.92 Å². The molecule has 1 aromatic rings. The minimum Gasteiger partial charge on any atom is -0.382 e.